The number of thioether (sulfide) groups is 1. The number of rotatable bonds is 7. The molecule has 0 spiro atoms. The Bertz CT molecular complexity index is 760. The van der Waals surface area contributed by atoms with Gasteiger partial charge in [-0.25, -0.2) is 0 Å². The Morgan fingerprint density at radius 3 is 2.65 bits per heavy atom. The van der Waals surface area contributed by atoms with Gasteiger partial charge in [-0.05, 0) is 19.4 Å². The van der Waals surface area contributed by atoms with Crippen LogP contribution in [0.2, 0.25) is 0 Å². The Kier molecular flexibility index (Phi) is 8.65. The van der Waals surface area contributed by atoms with Crippen molar-refractivity contribution in [2.75, 3.05) is 46.0 Å². The van der Waals surface area contributed by atoms with E-state index in [0.29, 0.717) is 19.6 Å². The van der Waals surface area contributed by atoms with Gasteiger partial charge in [0.05, 0.1) is 31.1 Å². The molecule has 1 amide bonds. The number of amides is 1. The largest absolute Gasteiger partial charge is 0.463 e. The zero-order valence-electron chi connectivity index (χ0n) is 18.1. The monoisotopic (exact) mass is 561 g/mol. The number of fused-ring (bicyclic) bond motifs is 1. The molecule has 172 valence electrons. The van der Waals surface area contributed by atoms with E-state index in [2.05, 4.69) is 29.0 Å². The molecule has 3 fully saturated rings. The van der Waals surface area contributed by atoms with Crippen molar-refractivity contribution in [2.45, 2.75) is 42.5 Å². The van der Waals surface area contributed by atoms with Gasteiger partial charge in [0, 0.05) is 30.9 Å². The Morgan fingerprint density at radius 1 is 1.23 bits per heavy atom. The van der Waals surface area contributed by atoms with Gasteiger partial charge in [-0.3, -0.25) is 19.4 Å². The highest BCUT2D eigenvalue weighted by Gasteiger charge is 2.59. The molecule has 3 saturated heterocycles. The van der Waals surface area contributed by atoms with Crippen molar-refractivity contribution < 1.29 is 19.1 Å². The van der Waals surface area contributed by atoms with E-state index in [-0.39, 0.29) is 58.1 Å². The average Bonchev–Trinajstić information content (AvgIpc) is 2.94. The molecule has 3 heterocycles. The number of carbonyl (C=O) groups is 2. The van der Waals surface area contributed by atoms with Crippen LogP contribution in [-0.4, -0.2) is 89.9 Å². The number of morpholine rings is 1. The molecule has 0 unspecified atom stereocenters. The minimum absolute atomic E-state index is 0. The van der Waals surface area contributed by atoms with Gasteiger partial charge in [-0.15, -0.1) is 35.7 Å². The second-order valence-corrected chi connectivity index (χ2v) is 10.4. The Morgan fingerprint density at radius 2 is 1.94 bits per heavy atom. The molecular weight excluding hydrogens is 529 g/mol. The van der Waals surface area contributed by atoms with Gasteiger partial charge in [0.2, 0.25) is 5.91 Å². The highest BCUT2D eigenvalue weighted by Crippen LogP contribution is 2.50. The summed E-state index contributed by atoms with van der Waals surface area (Å²) in [5.41, 5.74) is 1.01. The summed E-state index contributed by atoms with van der Waals surface area (Å²) in [6.07, 6.45) is 0.380. The van der Waals surface area contributed by atoms with E-state index in [9.17, 15) is 9.59 Å². The summed E-state index contributed by atoms with van der Waals surface area (Å²) >= 11 is 1.76. The van der Waals surface area contributed by atoms with Gasteiger partial charge < -0.3 is 14.8 Å². The molecule has 0 radical (unpaired) electrons. The van der Waals surface area contributed by atoms with Crippen LogP contribution in [-0.2, 0) is 25.5 Å². The van der Waals surface area contributed by atoms with Crippen molar-refractivity contribution in [1.82, 2.24) is 15.1 Å². The van der Waals surface area contributed by atoms with Crippen molar-refractivity contribution in [1.29, 1.82) is 0 Å². The van der Waals surface area contributed by atoms with Crippen LogP contribution in [0, 0.1) is 0 Å². The zero-order valence-corrected chi connectivity index (χ0v) is 21.3. The van der Waals surface area contributed by atoms with Gasteiger partial charge >= 0.3 is 5.97 Å². The second-order valence-electron chi connectivity index (χ2n) is 8.67. The van der Waals surface area contributed by atoms with Crippen molar-refractivity contribution in [3.05, 3.63) is 35.9 Å². The van der Waals surface area contributed by atoms with E-state index in [1.807, 2.05) is 30.3 Å². The summed E-state index contributed by atoms with van der Waals surface area (Å²) in [7, 11) is 0. The zero-order chi connectivity index (χ0) is 21.1. The van der Waals surface area contributed by atoms with Crippen LogP contribution < -0.4 is 5.32 Å². The lowest BCUT2D eigenvalue weighted by Gasteiger charge is -2.45. The van der Waals surface area contributed by atoms with Crippen LogP contribution in [0.3, 0.4) is 0 Å². The molecule has 1 N–H and O–H groups in total. The first-order chi connectivity index (χ1) is 14.4. The van der Waals surface area contributed by atoms with E-state index < -0.39 is 0 Å². The second kappa shape index (κ2) is 10.8. The molecule has 0 aliphatic carbocycles. The predicted octanol–water partition coefficient (Wildman–Crippen LogP) is 1.74. The van der Waals surface area contributed by atoms with Crippen molar-refractivity contribution in [3.8, 4) is 0 Å². The lowest BCUT2D eigenvalue weighted by atomic mass is 9.96. The highest BCUT2D eigenvalue weighted by molar-refractivity contribution is 14.0. The number of benzene rings is 1. The van der Waals surface area contributed by atoms with E-state index in [1.54, 1.807) is 11.8 Å². The Hall–Kier alpha value is -0.880. The fraction of sp³-hybridized carbons (Fsp3) is 0.636. The van der Waals surface area contributed by atoms with E-state index in [0.717, 1.165) is 38.4 Å². The lowest BCUT2D eigenvalue weighted by Crippen LogP contribution is -2.67. The minimum Gasteiger partial charge on any atom is -0.463 e. The number of hydrogen-bond acceptors (Lipinski definition) is 7. The third-order valence-corrected chi connectivity index (χ3v) is 7.70. The average molecular weight is 561 g/mol. The summed E-state index contributed by atoms with van der Waals surface area (Å²) < 4.78 is 10.7. The number of carbonyl (C=O) groups excluding carboxylic acids is 2. The predicted molar refractivity (Wildman–Crippen MR) is 132 cm³/mol. The molecular formula is C22H32IN3O4S. The summed E-state index contributed by atoms with van der Waals surface area (Å²) in [6.45, 7) is 9.29. The van der Waals surface area contributed by atoms with E-state index in [4.69, 9.17) is 9.47 Å². The number of hydrogen-bond donors (Lipinski definition) is 1. The Balaban J connectivity index is 0.00000272. The normalized spacial score (nSPS) is 27.5. The van der Waals surface area contributed by atoms with Gasteiger partial charge in [-0.1, -0.05) is 30.3 Å². The smallest absolute Gasteiger partial charge is 0.324 e. The van der Waals surface area contributed by atoms with Crippen LogP contribution in [0.4, 0.5) is 0 Å². The third kappa shape index (κ3) is 5.93. The summed E-state index contributed by atoms with van der Waals surface area (Å²) in [5, 5.41) is 3.27. The van der Waals surface area contributed by atoms with Crippen molar-refractivity contribution >= 4 is 47.6 Å². The lowest BCUT2D eigenvalue weighted by molar-refractivity contribution is -0.153. The molecule has 3 atom stereocenters. The highest BCUT2D eigenvalue weighted by atomic mass is 127. The number of nitrogens with zero attached hydrogens (tertiary/aromatic N) is 2. The number of halogens is 1. The Labute approximate surface area is 205 Å². The maximum atomic E-state index is 12.9. The molecule has 4 rings (SSSR count). The molecule has 9 heteroatoms. The van der Waals surface area contributed by atoms with E-state index in [1.165, 1.54) is 0 Å². The van der Waals surface area contributed by atoms with Gasteiger partial charge in [0.1, 0.15) is 12.6 Å². The molecule has 31 heavy (non-hydrogen) atoms. The van der Waals surface area contributed by atoms with E-state index >= 15 is 0 Å². The maximum absolute atomic E-state index is 12.9. The standard InChI is InChI=1S/C22H31N3O4S.HI/c1-22(2)19(21(27)29-13-10-24-8-11-28-12-9-24)25-15-17(20(25)30-22)23-18(26)14-16-6-4-3-5-7-16;/h3-7,17,19-20H,8-15H2,1-2H3,(H,23,26);1H/t17-,19+,20-;/m1./s1. The van der Waals surface area contributed by atoms with Crippen LogP contribution in [0.1, 0.15) is 19.4 Å². The number of nitrogens with one attached hydrogen (secondary N) is 1. The summed E-state index contributed by atoms with van der Waals surface area (Å²) in [6, 6.07) is 9.54. The molecule has 7 nitrogen and oxygen atoms in total. The number of esters is 1. The van der Waals surface area contributed by atoms with Gasteiger partial charge in [0.15, 0.2) is 0 Å². The van der Waals surface area contributed by atoms with Crippen LogP contribution >= 0.6 is 35.7 Å². The third-order valence-electron chi connectivity index (χ3n) is 6.03. The molecule has 0 aromatic heterocycles. The molecule has 0 bridgehead atoms. The quantitative estimate of drug-likeness (QED) is 0.402. The molecule has 0 saturated carbocycles. The molecule has 1 aromatic carbocycles. The van der Waals surface area contributed by atoms with Crippen LogP contribution in [0.25, 0.3) is 0 Å². The SMILES string of the molecule is CC1(C)S[C@@H]2[C@H](NC(=O)Cc3ccccc3)CN2[C@H]1C(=O)OCCN1CCOCC1.I. The summed E-state index contributed by atoms with van der Waals surface area (Å²) in [5.74, 6) is -0.127. The first-order valence-electron chi connectivity index (χ1n) is 10.7. The van der Waals surface area contributed by atoms with Gasteiger partial charge in [-0.2, -0.15) is 0 Å². The molecule has 1 aromatic rings. The molecule has 3 aliphatic rings. The first-order valence-corrected chi connectivity index (χ1v) is 11.6. The molecule has 3 aliphatic heterocycles. The van der Waals surface area contributed by atoms with Crippen molar-refractivity contribution in [2.24, 2.45) is 0 Å². The first kappa shape index (κ1) is 24.8. The van der Waals surface area contributed by atoms with Crippen LogP contribution in [0.15, 0.2) is 30.3 Å². The van der Waals surface area contributed by atoms with Gasteiger partial charge in [0.25, 0.3) is 0 Å². The minimum atomic E-state index is -0.278. The maximum Gasteiger partial charge on any atom is 0.324 e. The topological polar surface area (TPSA) is 71.1 Å². The fourth-order valence-corrected chi connectivity index (χ4v) is 6.09. The fourth-order valence-electron chi connectivity index (χ4n) is 4.45. The number of ether oxygens (including phenoxy) is 2. The van der Waals surface area contributed by atoms with Crippen LogP contribution in [0.5, 0.6) is 0 Å². The van der Waals surface area contributed by atoms with Crippen molar-refractivity contribution in [3.63, 3.8) is 0 Å². The summed E-state index contributed by atoms with van der Waals surface area (Å²) in [4.78, 5) is 29.7.